The fourth-order valence-electron chi connectivity index (χ4n) is 2.06. The van der Waals surface area contributed by atoms with Crippen LogP contribution < -0.4 is 5.56 Å². The van der Waals surface area contributed by atoms with Gasteiger partial charge in [-0.25, -0.2) is 4.98 Å². The number of ether oxygens (including phenoxy) is 2. The zero-order valence-corrected chi connectivity index (χ0v) is 8.03. The number of aromatic nitrogens is 2. The van der Waals surface area contributed by atoms with Crippen molar-refractivity contribution in [3.05, 3.63) is 40.5 Å². The predicted octanol–water partition coefficient (Wildman–Crippen LogP) is 0.473. The number of aromatic amines is 1. The van der Waals surface area contributed by atoms with Crippen LogP contribution in [0.25, 0.3) is 0 Å². The van der Waals surface area contributed by atoms with Crippen LogP contribution in [0, 0.1) is 0 Å². The molecular weight excluding hydrogens is 196 g/mol. The van der Waals surface area contributed by atoms with Gasteiger partial charge in [-0.3, -0.25) is 4.79 Å². The van der Waals surface area contributed by atoms with Crippen molar-refractivity contribution in [1.29, 1.82) is 0 Å². The molecule has 0 amide bonds. The van der Waals surface area contributed by atoms with Crippen molar-refractivity contribution in [2.24, 2.45) is 0 Å². The van der Waals surface area contributed by atoms with Crippen LogP contribution in [0.15, 0.2) is 23.6 Å². The Morgan fingerprint density at radius 2 is 2.20 bits per heavy atom. The van der Waals surface area contributed by atoms with E-state index in [2.05, 4.69) is 9.97 Å². The Bertz CT molecular complexity index is 470. The van der Waals surface area contributed by atoms with E-state index in [4.69, 9.17) is 9.47 Å². The normalized spacial score (nSPS) is 20.8. The van der Waals surface area contributed by atoms with E-state index in [1.165, 1.54) is 18.9 Å². The second kappa shape index (κ2) is 2.85. The average Bonchev–Trinajstić information content (AvgIpc) is 2.68. The second-order valence-corrected chi connectivity index (χ2v) is 3.75. The summed E-state index contributed by atoms with van der Waals surface area (Å²) in [5, 5.41) is 0. The van der Waals surface area contributed by atoms with Crippen molar-refractivity contribution in [2.45, 2.75) is 25.0 Å². The average molecular weight is 206 g/mol. The molecule has 3 rings (SSSR count). The number of rotatable bonds is 0. The maximum atomic E-state index is 11.6. The second-order valence-electron chi connectivity index (χ2n) is 3.75. The highest BCUT2D eigenvalue weighted by Gasteiger charge is 2.41. The highest BCUT2D eigenvalue weighted by Crippen LogP contribution is 2.33. The zero-order valence-electron chi connectivity index (χ0n) is 8.03. The lowest BCUT2D eigenvalue weighted by molar-refractivity contribution is -0.149. The van der Waals surface area contributed by atoms with Crippen LogP contribution in [0.4, 0.5) is 0 Å². The molecule has 1 spiro atoms. The Hall–Kier alpha value is -1.78. The van der Waals surface area contributed by atoms with Crippen LogP contribution in [0.1, 0.15) is 17.7 Å². The summed E-state index contributed by atoms with van der Waals surface area (Å²) < 4.78 is 10.8. The Morgan fingerprint density at radius 3 is 3.00 bits per heavy atom. The van der Waals surface area contributed by atoms with Gasteiger partial charge in [0.2, 0.25) is 0 Å². The molecule has 0 unspecified atom stereocenters. The van der Waals surface area contributed by atoms with E-state index in [9.17, 15) is 4.79 Å². The van der Waals surface area contributed by atoms with Crippen molar-refractivity contribution in [3.63, 3.8) is 0 Å². The van der Waals surface area contributed by atoms with Gasteiger partial charge in [0, 0.05) is 12.0 Å². The van der Waals surface area contributed by atoms with Crippen LogP contribution >= 0.6 is 0 Å². The van der Waals surface area contributed by atoms with Gasteiger partial charge in [-0.1, -0.05) is 0 Å². The molecule has 0 radical (unpaired) electrons. The maximum absolute atomic E-state index is 11.6. The lowest BCUT2D eigenvalue weighted by Gasteiger charge is -2.31. The van der Waals surface area contributed by atoms with Gasteiger partial charge < -0.3 is 14.5 Å². The monoisotopic (exact) mass is 206 g/mol. The highest BCUT2D eigenvalue weighted by atomic mass is 16.7. The molecule has 0 aromatic carbocycles. The third-order valence-corrected chi connectivity index (χ3v) is 2.85. The smallest absolute Gasteiger partial charge is 0.254 e. The van der Waals surface area contributed by atoms with Crippen LogP contribution in [-0.2, 0) is 22.3 Å². The summed E-state index contributed by atoms with van der Waals surface area (Å²) >= 11 is 0. The largest absolute Gasteiger partial charge is 0.456 e. The highest BCUT2D eigenvalue weighted by molar-refractivity contribution is 5.22. The number of nitrogens with one attached hydrogen (secondary N) is 1. The summed E-state index contributed by atoms with van der Waals surface area (Å²) in [4.78, 5) is 18.3. The Morgan fingerprint density at radius 1 is 1.40 bits per heavy atom. The number of hydrogen-bond donors (Lipinski definition) is 1. The quantitative estimate of drug-likeness (QED) is 0.670. The van der Waals surface area contributed by atoms with Gasteiger partial charge in [0.25, 0.3) is 11.3 Å². The van der Waals surface area contributed by atoms with Crippen molar-refractivity contribution in [3.8, 4) is 0 Å². The molecule has 5 nitrogen and oxygen atoms in total. The molecule has 15 heavy (non-hydrogen) atoms. The lowest BCUT2D eigenvalue weighted by Crippen LogP contribution is -2.40. The van der Waals surface area contributed by atoms with E-state index < -0.39 is 5.79 Å². The van der Waals surface area contributed by atoms with Gasteiger partial charge in [-0.2, -0.15) is 0 Å². The number of nitrogens with zero attached hydrogens (tertiary/aromatic N) is 1. The molecule has 2 heterocycles. The summed E-state index contributed by atoms with van der Waals surface area (Å²) in [6.45, 7) is 0. The first-order chi connectivity index (χ1) is 7.29. The molecule has 0 saturated carbocycles. The van der Waals surface area contributed by atoms with Crippen molar-refractivity contribution < 1.29 is 9.47 Å². The lowest BCUT2D eigenvalue weighted by atomic mass is 9.91. The molecule has 1 aliphatic heterocycles. The Balaban J connectivity index is 2.02. The van der Waals surface area contributed by atoms with Gasteiger partial charge >= 0.3 is 0 Å². The van der Waals surface area contributed by atoms with Gasteiger partial charge in [0.05, 0.1) is 18.4 Å². The molecule has 78 valence electrons. The summed E-state index contributed by atoms with van der Waals surface area (Å²) in [5.41, 5.74) is 1.43. The van der Waals surface area contributed by atoms with E-state index in [1.807, 2.05) is 0 Å². The molecule has 1 aromatic heterocycles. The minimum Gasteiger partial charge on any atom is -0.456 e. The molecule has 0 fully saturated rings. The Kier molecular flexibility index (Phi) is 1.62. The van der Waals surface area contributed by atoms with E-state index in [0.717, 1.165) is 12.1 Å². The van der Waals surface area contributed by atoms with Crippen molar-refractivity contribution in [1.82, 2.24) is 9.97 Å². The molecule has 5 heteroatoms. The SMILES string of the molecule is O=c1[nH]cnc2c1CC1(CC2)OC=CO1. The van der Waals surface area contributed by atoms with Gasteiger partial charge in [0.15, 0.2) is 0 Å². The number of aryl methyl sites for hydroxylation is 1. The fraction of sp³-hybridized carbons (Fsp3) is 0.400. The third-order valence-electron chi connectivity index (χ3n) is 2.85. The molecule has 1 aromatic rings. The summed E-state index contributed by atoms with van der Waals surface area (Å²) in [5.74, 6) is -0.664. The molecule has 0 saturated heterocycles. The third kappa shape index (κ3) is 1.23. The molecule has 0 atom stereocenters. The molecule has 0 bridgehead atoms. The van der Waals surface area contributed by atoms with Crippen molar-refractivity contribution in [2.75, 3.05) is 0 Å². The predicted molar refractivity (Wildman–Crippen MR) is 50.9 cm³/mol. The van der Waals surface area contributed by atoms with Gasteiger partial charge in [-0.05, 0) is 6.42 Å². The van der Waals surface area contributed by atoms with Crippen molar-refractivity contribution >= 4 is 0 Å². The Labute approximate surface area is 85.7 Å². The van der Waals surface area contributed by atoms with Crippen LogP contribution in [0.5, 0.6) is 0 Å². The van der Waals surface area contributed by atoms with E-state index in [1.54, 1.807) is 0 Å². The van der Waals surface area contributed by atoms with E-state index in [-0.39, 0.29) is 5.56 Å². The zero-order chi connectivity index (χ0) is 10.3. The molecule has 2 aliphatic rings. The number of fused-ring (bicyclic) bond motifs is 1. The maximum Gasteiger partial charge on any atom is 0.254 e. The first-order valence-corrected chi connectivity index (χ1v) is 4.85. The first-order valence-electron chi connectivity index (χ1n) is 4.85. The van der Waals surface area contributed by atoms with E-state index >= 15 is 0 Å². The fourth-order valence-corrected chi connectivity index (χ4v) is 2.06. The number of hydrogen-bond acceptors (Lipinski definition) is 4. The summed E-state index contributed by atoms with van der Waals surface area (Å²) in [6.07, 6.45) is 6.38. The minimum absolute atomic E-state index is 0.0989. The standard InChI is InChI=1S/C10H10N2O3/c13-9-7-5-10(14-3-4-15-10)2-1-8(7)11-6-12-9/h3-4,6H,1-2,5H2,(H,11,12,13). The van der Waals surface area contributed by atoms with Crippen LogP contribution in [0.2, 0.25) is 0 Å². The van der Waals surface area contributed by atoms with Crippen LogP contribution in [0.3, 0.4) is 0 Å². The minimum atomic E-state index is -0.664. The van der Waals surface area contributed by atoms with Crippen LogP contribution in [-0.4, -0.2) is 15.8 Å². The summed E-state index contributed by atoms with van der Waals surface area (Å²) in [7, 11) is 0. The van der Waals surface area contributed by atoms with Gasteiger partial charge in [-0.15, -0.1) is 0 Å². The molecular formula is C10H10N2O3. The number of H-pyrrole nitrogens is 1. The van der Waals surface area contributed by atoms with E-state index in [0.29, 0.717) is 18.4 Å². The molecule has 1 N–H and O–H groups in total. The summed E-state index contributed by atoms with van der Waals surface area (Å²) in [6, 6.07) is 0. The topological polar surface area (TPSA) is 64.2 Å². The first kappa shape index (κ1) is 8.52. The van der Waals surface area contributed by atoms with Gasteiger partial charge in [0.1, 0.15) is 12.5 Å². The molecule has 1 aliphatic carbocycles.